The minimum Gasteiger partial charge on any atom is -0.503 e. The summed E-state index contributed by atoms with van der Waals surface area (Å²) in [6.45, 7) is 0.0561. The molecule has 0 aromatic carbocycles. The second kappa shape index (κ2) is 3.78. The fourth-order valence-corrected chi connectivity index (χ4v) is 0.636. The average molecular weight is 155 g/mol. The Morgan fingerprint density at radius 2 is 2.36 bits per heavy atom. The van der Waals surface area contributed by atoms with E-state index < -0.39 is 0 Å². The third-order valence-corrected chi connectivity index (χ3v) is 1.08. The Morgan fingerprint density at radius 1 is 1.55 bits per heavy atom. The lowest BCUT2D eigenvalue weighted by Gasteiger charge is -2.02. The highest BCUT2D eigenvalue weighted by Crippen LogP contribution is 2.20. The molecule has 0 atom stereocenters. The van der Waals surface area contributed by atoms with Gasteiger partial charge in [-0.1, -0.05) is 0 Å². The smallest absolute Gasteiger partial charge is 0.256 e. The van der Waals surface area contributed by atoms with E-state index in [4.69, 9.17) is 14.9 Å². The van der Waals surface area contributed by atoms with Gasteiger partial charge in [0.15, 0.2) is 5.75 Å². The zero-order valence-corrected chi connectivity index (χ0v) is 5.90. The summed E-state index contributed by atoms with van der Waals surface area (Å²) < 4.78 is 4.87. The molecule has 1 aromatic heterocycles. The van der Waals surface area contributed by atoms with Crippen LogP contribution in [0.2, 0.25) is 0 Å². The summed E-state index contributed by atoms with van der Waals surface area (Å²) in [4.78, 5) is 3.73. The Labute approximate surface area is 64.1 Å². The van der Waals surface area contributed by atoms with Crippen molar-refractivity contribution in [1.82, 2.24) is 4.98 Å². The SMILES string of the molecule is OCCOc1ncccc1O. The molecule has 0 saturated heterocycles. The molecule has 1 aromatic rings. The monoisotopic (exact) mass is 155 g/mol. The highest BCUT2D eigenvalue weighted by molar-refractivity contribution is 5.30. The summed E-state index contributed by atoms with van der Waals surface area (Å²) in [6, 6.07) is 3.07. The lowest BCUT2D eigenvalue weighted by Crippen LogP contribution is -2.02. The number of aromatic nitrogens is 1. The van der Waals surface area contributed by atoms with E-state index in [0.717, 1.165) is 0 Å². The van der Waals surface area contributed by atoms with E-state index in [-0.39, 0.29) is 24.8 Å². The van der Waals surface area contributed by atoms with Crippen LogP contribution >= 0.6 is 0 Å². The molecular formula is C7H9NO3. The summed E-state index contributed by atoms with van der Waals surface area (Å²) >= 11 is 0. The molecule has 4 nitrogen and oxygen atoms in total. The molecule has 1 heterocycles. The van der Waals surface area contributed by atoms with Gasteiger partial charge in [0.2, 0.25) is 0 Å². The van der Waals surface area contributed by atoms with E-state index in [1.165, 1.54) is 12.3 Å². The number of aliphatic hydroxyl groups excluding tert-OH is 1. The standard InChI is InChI=1S/C7H9NO3/c9-4-5-11-7-6(10)2-1-3-8-7/h1-3,9-10H,4-5H2. The fourth-order valence-electron chi connectivity index (χ4n) is 0.636. The first-order chi connectivity index (χ1) is 5.34. The van der Waals surface area contributed by atoms with Gasteiger partial charge < -0.3 is 14.9 Å². The highest BCUT2D eigenvalue weighted by Gasteiger charge is 1.99. The zero-order chi connectivity index (χ0) is 8.10. The van der Waals surface area contributed by atoms with Crippen LogP contribution in [-0.2, 0) is 0 Å². The van der Waals surface area contributed by atoms with Gasteiger partial charge in [-0.05, 0) is 12.1 Å². The summed E-state index contributed by atoms with van der Waals surface area (Å²) in [6.07, 6.45) is 1.51. The lowest BCUT2D eigenvalue weighted by molar-refractivity contribution is 0.192. The predicted octanol–water partition coefficient (Wildman–Crippen LogP) is 0.158. The summed E-state index contributed by atoms with van der Waals surface area (Å²) in [5, 5.41) is 17.5. The molecule has 0 radical (unpaired) electrons. The van der Waals surface area contributed by atoms with Crippen molar-refractivity contribution in [3.8, 4) is 11.6 Å². The molecule has 11 heavy (non-hydrogen) atoms. The van der Waals surface area contributed by atoms with E-state index in [0.29, 0.717) is 0 Å². The molecule has 0 aliphatic carbocycles. The lowest BCUT2D eigenvalue weighted by atomic mass is 10.4. The molecule has 0 saturated carbocycles. The van der Waals surface area contributed by atoms with Gasteiger partial charge in [-0.25, -0.2) is 4.98 Å². The number of hydrogen-bond donors (Lipinski definition) is 2. The van der Waals surface area contributed by atoms with Crippen molar-refractivity contribution >= 4 is 0 Å². The molecule has 0 spiro atoms. The molecule has 4 heteroatoms. The quantitative estimate of drug-likeness (QED) is 0.652. The van der Waals surface area contributed by atoms with E-state index in [9.17, 15) is 0 Å². The molecule has 1 rings (SSSR count). The Kier molecular flexibility index (Phi) is 2.68. The third kappa shape index (κ3) is 2.09. The predicted molar refractivity (Wildman–Crippen MR) is 38.5 cm³/mol. The maximum atomic E-state index is 9.07. The highest BCUT2D eigenvalue weighted by atomic mass is 16.5. The van der Waals surface area contributed by atoms with Gasteiger partial charge in [-0.3, -0.25) is 0 Å². The second-order valence-electron chi connectivity index (χ2n) is 1.90. The minimum absolute atomic E-state index is 0.0130. The van der Waals surface area contributed by atoms with Gasteiger partial charge in [0.25, 0.3) is 5.88 Å². The maximum Gasteiger partial charge on any atom is 0.256 e. The van der Waals surface area contributed by atoms with Crippen LogP contribution in [0.3, 0.4) is 0 Å². The Morgan fingerprint density at radius 3 is 3.00 bits per heavy atom. The van der Waals surface area contributed by atoms with Crippen molar-refractivity contribution in [1.29, 1.82) is 0 Å². The number of nitrogens with zero attached hydrogens (tertiary/aromatic N) is 1. The Balaban J connectivity index is 2.62. The van der Waals surface area contributed by atoms with Crippen molar-refractivity contribution in [3.05, 3.63) is 18.3 Å². The third-order valence-electron chi connectivity index (χ3n) is 1.08. The fraction of sp³-hybridized carbons (Fsp3) is 0.286. The largest absolute Gasteiger partial charge is 0.503 e. The number of aromatic hydroxyl groups is 1. The van der Waals surface area contributed by atoms with Gasteiger partial charge >= 0.3 is 0 Å². The normalized spacial score (nSPS) is 9.55. The molecular weight excluding hydrogens is 146 g/mol. The Hall–Kier alpha value is -1.29. The van der Waals surface area contributed by atoms with Crippen molar-refractivity contribution in [3.63, 3.8) is 0 Å². The van der Waals surface area contributed by atoms with Crippen LogP contribution in [0.15, 0.2) is 18.3 Å². The van der Waals surface area contributed by atoms with Crippen LogP contribution in [0, 0.1) is 0 Å². The number of ether oxygens (including phenoxy) is 1. The first-order valence-corrected chi connectivity index (χ1v) is 3.22. The maximum absolute atomic E-state index is 9.07. The number of hydrogen-bond acceptors (Lipinski definition) is 4. The molecule has 0 fully saturated rings. The van der Waals surface area contributed by atoms with Gasteiger partial charge in [-0.2, -0.15) is 0 Å². The van der Waals surface area contributed by atoms with E-state index >= 15 is 0 Å². The van der Waals surface area contributed by atoms with Crippen LogP contribution < -0.4 is 4.74 Å². The second-order valence-corrected chi connectivity index (χ2v) is 1.90. The van der Waals surface area contributed by atoms with Crippen LogP contribution in [0.5, 0.6) is 11.6 Å². The zero-order valence-electron chi connectivity index (χ0n) is 5.90. The van der Waals surface area contributed by atoms with Crippen molar-refractivity contribution < 1.29 is 14.9 Å². The van der Waals surface area contributed by atoms with Gasteiger partial charge in [0, 0.05) is 6.20 Å². The molecule has 0 amide bonds. The van der Waals surface area contributed by atoms with Gasteiger partial charge in [0.05, 0.1) is 6.61 Å². The van der Waals surface area contributed by atoms with E-state index in [1.54, 1.807) is 6.07 Å². The van der Waals surface area contributed by atoms with Crippen molar-refractivity contribution in [2.24, 2.45) is 0 Å². The number of pyridine rings is 1. The molecule has 60 valence electrons. The summed E-state index contributed by atoms with van der Waals surface area (Å²) in [5.41, 5.74) is 0. The molecule has 2 N–H and O–H groups in total. The van der Waals surface area contributed by atoms with E-state index in [2.05, 4.69) is 4.98 Å². The average Bonchev–Trinajstić information content (AvgIpc) is 2.03. The van der Waals surface area contributed by atoms with Gasteiger partial charge in [-0.15, -0.1) is 0 Å². The van der Waals surface area contributed by atoms with Crippen LogP contribution in [0.25, 0.3) is 0 Å². The molecule has 0 bridgehead atoms. The Bertz CT molecular complexity index is 227. The summed E-state index contributed by atoms with van der Waals surface area (Å²) in [7, 11) is 0. The van der Waals surface area contributed by atoms with Gasteiger partial charge in [0.1, 0.15) is 6.61 Å². The minimum atomic E-state index is -0.0873. The van der Waals surface area contributed by atoms with Crippen molar-refractivity contribution in [2.75, 3.05) is 13.2 Å². The van der Waals surface area contributed by atoms with Crippen molar-refractivity contribution in [2.45, 2.75) is 0 Å². The first kappa shape index (κ1) is 7.81. The van der Waals surface area contributed by atoms with Crippen LogP contribution in [0.1, 0.15) is 0 Å². The van der Waals surface area contributed by atoms with E-state index in [1.807, 2.05) is 0 Å². The molecule has 0 unspecified atom stereocenters. The topological polar surface area (TPSA) is 62.6 Å². The van der Waals surface area contributed by atoms with Crippen LogP contribution in [-0.4, -0.2) is 28.4 Å². The first-order valence-electron chi connectivity index (χ1n) is 3.22. The number of rotatable bonds is 3. The number of aliphatic hydroxyl groups is 1. The van der Waals surface area contributed by atoms with Crippen LogP contribution in [0.4, 0.5) is 0 Å². The molecule has 0 aliphatic rings. The summed E-state index contributed by atoms with van der Waals surface area (Å²) in [5.74, 6) is 0.141. The molecule has 0 aliphatic heterocycles.